The van der Waals surface area contributed by atoms with Crippen LogP contribution in [0, 0.1) is 12.7 Å². The zero-order valence-electron chi connectivity index (χ0n) is 14.7. The van der Waals surface area contributed by atoms with Gasteiger partial charge in [0.1, 0.15) is 29.5 Å². The standard InChI is InChI=1S/C21H18ClFO4/c1-12-15(21(26)20-17(24)5-3-6-18(20)25)4-2-7-19(12)27-11-13-8-9-14(22)10-16(13)23/h2,4,7-10,26H,3,5-6,11H2,1H3. The highest BCUT2D eigenvalue weighted by Gasteiger charge is 2.28. The summed E-state index contributed by atoms with van der Waals surface area (Å²) in [5.74, 6) is -1.08. The van der Waals surface area contributed by atoms with Gasteiger partial charge in [-0.15, -0.1) is 0 Å². The highest BCUT2D eigenvalue weighted by atomic mass is 35.5. The summed E-state index contributed by atoms with van der Waals surface area (Å²) in [6, 6.07) is 9.25. The lowest BCUT2D eigenvalue weighted by atomic mass is 9.89. The summed E-state index contributed by atoms with van der Waals surface area (Å²) in [5.41, 5.74) is 1.10. The molecule has 0 spiro atoms. The maximum Gasteiger partial charge on any atom is 0.170 e. The third kappa shape index (κ3) is 4.03. The predicted molar refractivity (Wildman–Crippen MR) is 100 cm³/mol. The molecule has 2 aromatic carbocycles. The number of aliphatic hydroxyl groups excluding tert-OH is 1. The fourth-order valence-electron chi connectivity index (χ4n) is 3.04. The number of rotatable bonds is 4. The molecule has 0 heterocycles. The number of hydrogen-bond acceptors (Lipinski definition) is 4. The molecule has 0 saturated heterocycles. The summed E-state index contributed by atoms with van der Waals surface area (Å²) in [6.07, 6.45) is 0.996. The normalized spacial score (nSPS) is 14.4. The minimum atomic E-state index is -0.473. The summed E-state index contributed by atoms with van der Waals surface area (Å²) in [7, 11) is 0. The largest absolute Gasteiger partial charge is 0.506 e. The van der Waals surface area contributed by atoms with Crippen molar-refractivity contribution >= 4 is 28.9 Å². The van der Waals surface area contributed by atoms with Crippen LogP contribution in [0.1, 0.15) is 36.0 Å². The van der Waals surface area contributed by atoms with E-state index in [9.17, 15) is 19.1 Å². The van der Waals surface area contributed by atoms with E-state index in [0.717, 1.165) is 0 Å². The number of carbonyl (C=O) groups is 2. The quantitative estimate of drug-likeness (QED) is 0.457. The highest BCUT2D eigenvalue weighted by molar-refractivity contribution is 6.30. The molecular formula is C21H18ClFO4. The summed E-state index contributed by atoms with van der Waals surface area (Å²) in [5, 5.41) is 10.9. The molecule has 1 aliphatic rings. The monoisotopic (exact) mass is 388 g/mol. The Morgan fingerprint density at radius 3 is 2.56 bits per heavy atom. The first-order valence-electron chi connectivity index (χ1n) is 8.55. The van der Waals surface area contributed by atoms with Crippen LogP contribution in [0.25, 0.3) is 5.76 Å². The maximum atomic E-state index is 13.9. The Morgan fingerprint density at radius 2 is 1.89 bits per heavy atom. The van der Waals surface area contributed by atoms with E-state index >= 15 is 0 Å². The second-order valence-electron chi connectivity index (χ2n) is 6.38. The first-order valence-corrected chi connectivity index (χ1v) is 8.92. The summed E-state index contributed by atoms with van der Waals surface area (Å²) in [6.45, 7) is 1.68. The number of carbonyl (C=O) groups excluding carboxylic acids is 2. The molecule has 1 fully saturated rings. The molecular weight excluding hydrogens is 371 g/mol. The van der Waals surface area contributed by atoms with Crippen molar-refractivity contribution in [2.24, 2.45) is 0 Å². The van der Waals surface area contributed by atoms with E-state index in [1.807, 2.05) is 0 Å². The second kappa shape index (κ2) is 7.92. The van der Waals surface area contributed by atoms with Gasteiger partial charge in [-0.3, -0.25) is 9.59 Å². The van der Waals surface area contributed by atoms with Crippen LogP contribution in [0.2, 0.25) is 5.02 Å². The van der Waals surface area contributed by atoms with Gasteiger partial charge in [-0.1, -0.05) is 29.8 Å². The first-order chi connectivity index (χ1) is 12.9. The van der Waals surface area contributed by atoms with E-state index in [0.29, 0.717) is 33.9 Å². The molecule has 0 atom stereocenters. The third-order valence-corrected chi connectivity index (χ3v) is 4.77. The summed E-state index contributed by atoms with van der Waals surface area (Å²) < 4.78 is 19.6. The molecule has 1 N–H and O–H groups in total. The van der Waals surface area contributed by atoms with Crippen molar-refractivity contribution < 1.29 is 23.8 Å². The molecule has 4 nitrogen and oxygen atoms in total. The van der Waals surface area contributed by atoms with E-state index in [2.05, 4.69) is 0 Å². The number of aliphatic hydroxyl groups is 1. The average Bonchev–Trinajstić information content (AvgIpc) is 2.62. The Kier molecular flexibility index (Phi) is 5.61. The molecule has 3 rings (SSSR count). The van der Waals surface area contributed by atoms with Crippen LogP contribution < -0.4 is 4.74 Å². The van der Waals surface area contributed by atoms with Gasteiger partial charge in [0, 0.05) is 34.6 Å². The Labute approximate surface area is 161 Å². The fraction of sp³-hybridized carbons (Fsp3) is 0.238. The summed E-state index contributed by atoms with van der Waals surface area (Å²) >= 11 is 5.74. The first kappa shape index (κ1) is 19.1. The highest BCUT2D eigenvalue weighted by Crippen LogP contribution is 2.31. The van der Waals surface area contributed by atoms with Gasteiger partial charge in [-0.05, 0) is 31.5 Å². The topological polar surface area (TPSA) is 63.6 Å². The molecule has 1 saturated carbocycles. The van der Waals surface area contributed by atoms with Gasteiger partial charge in [0.2, 0.25) is 0 Å². The van der Waals surface area contributed by atoms with Gasteiger partial charge in [0.05, 0.1) is 0 Å². The zero-order chi connectivity index (χ0) is 19.6. The van der Waals surface area contributed by atoms with Gasteiger partial charge < -0.3 is 9.84 Å². The van der Waals surface area contributed by atoms with E-state index < -0.39 is 5.82 Å². The molecule has 0 aliphatic heterocycles. The van der Waals surface area contributed by atoms with Crippen LogP contribution >= 0.6 is 11.6 Å². The Morgan fingerprint density at radius 1 is 1.19 bits per heavy atom. The van der Waals surface area contributed by atoms with Crippen molar-refractivity contribution in [2.45, 2.75) is 32.8 Å². The van der Waals surface area contributed by atoms with Gasteiger partial charge in [-0.2, -0.15) is 0 Å². The lowest BCUT2D eigenvalue weighted by Gasteiger charge is -2.17. The number of Topliss-reactive ketones (excluding diaryl/α,β-unsaturated/α-hetero) is 2. The van der Waals surface area contributed by atoms with Gasteiger partial charge in [0.25, 0.3) is 0 Å². The maximum absolute atomic E-state index is 13.9. The zero-order valence-corrected chi connectivity index (χ0v) is 15.5. The minimum absolute atomic E-state index is 0.0253. The van der Waals surface area contributed by atoms with E-state index in [1.54, 1.807) is 31.2 Å². The molecule has 0 radical (unpaired) electrons. The molecule has 1 aliphatic carbocycles. The van der Waals surface area contributed by atoms with Crippen molar-refractivity contribution in [3.63, 3.8) is 0 Å². The molecule has 27 heavy (non-hydrogen) atoms. The van der Waals surface area contributed by atoms with Gasteiger partial charge >= 0.3 is 0 Å². The van der Waals surface area contributed by atoms with Gasteiger partial charge in [0.15, 0.2) is 11.6 Å². The number of hydrogen-bond donors (Lipinski definition) is 1. The van der Waals surface area contributed by atoms with Crippen molar-refractivity contribution in [3.05, 3.63) is 69.5 Å². The van der Waals surface area contributed by atoms with Crippen LogP contribution in [0.3, 0.4) is 0 Å². The molecule has 0 unspecified atom stereocenters. The number of ether oxygens (including phenoxy) is 1. The van der Waals surface area contributed by atoms with Crippen molar-refractivity contribution in [1.29, 1.82) is 0 Å². The lowest BCUT2D eigenvalue weighted by Crippen LogP contribution is -2.20. The Balaban J connectivity index is 1.90. The van der Waals surface area contributed by atoms with Crippen LogP contribution in [0.15, 0.2) is 42.0 Å². The molecule has 0 bridgehead atoms. The average molecular weight is 389 g/mol. The minimum Gasteiger partial charge on any atom is -0.506 e. The van der Waals surface area contributed by atoms with Crippen LogP contribution in [-0.4, -0.2) is 16.7 Å². The molecule has 2 aromatic rings. The Hall–Kier alpha value is -2.66. The van der Waals surface area contributed by atoms with Gasteiger partial charge in [-0.25, -0.2) is 4.39 Å². The lowest BCUT2D eigenvalue weighted by molar-refractivity contribution is -0.123. The fourth-order valence-corrected chi connectivity index (χ4v) is 3.19. The molecule has 0 amide bonds. The van der Waals surface area contributed by atoms with E-state index in [1.165, 1.54) is 12.1 Å². The second-order valence-corrected chi connectivity index (χ2v) is 6.81. The van der Waals surface area contributed by atoms with E-state index in [4.69, 9.17) is 16.3 Å². The number of ketones is 2. The number of allylic oxidation sites excluding steroid dienone is 1. The smallest absolute Gasteiger partial charge is 0.170 e. The van der Waals surface area contributed by atoms with Crippen LogP contribution in [0.5, 0.6) is 5.75 Å². The van der Waals surface area contributed by atoms with Crippen LogP contribution in [0.4, 0.5) is 4.39 Å². The Bertz CT molecular complexity index is 931. The SMILES string of the molecule is Cc1c(OCc2ccc(Cl)cc2F)cccc1C(O)=C1C(=O)CCCC1=O. The number of halogens is 2. The third-order valence-electron chi connectivity index (χ3n) is 4.54. The molecule has 140 valence electrons. The molecule has 6 heteroatoms. The predicted octanol–water partition coefficient (Wildman–Crippen LogP) is 4.96. The molecule has 0 aromatic heterocycles. The van der Waals surface area contributed by atoms with Crippen LogP contribution in [-0.2, 0) is 16.2 Å². The summed E-state index contributed by atoms with van der Waals surface area (Å²) in [4.78, 5) is 24.1. The van der Waals surface area contributed by atoms with Crippen molar-refractivity contribution in [2.75, 3.05) is 0 Å². The van der Waals surface area contributed by atoms with Crippen molar-refractivity contribution in [1.82, 2.24) is 0 Å². The van der Waals surface area contributed by atoms with Crippen molar-refractivity contribution in [3.8, 4) is 5.75 Å². The van der Waals surface area contributed by atoms with E-state index in [-0.39, 0.29) is 42.3 Å². The number of benzene rings is 2.